The third kappa shape index (κ3) is 14.4. The van der Waals surface area contributed by atoms with Crippen molar-refractivity contribution in [3.63, 3.8) is 0 Å². The molecule has 1 aliphatic heterocycles. The summed E-state index contributed by atoms with van der Waals surface area (Å²) >= 11 is 0. The monoisotopic (exact) mass is 569 g/mol. The fourth-order valence-electron chi connectivity index (χ4n) is 3.30. The number of amides is 1. The summed E-state index contributed by atoms with van der Waals surface area (Å²) in [5.74, 6) is 1.05. The smallest absolute Gasteiger partial charge is 0.407 e. The zero-order valence-corrected chi connectivity index (χ0v) is 23.8. The van der Waals surface area contributed by atoms with E-state index in [-0.39, 0.29) is 42.0 Å². The minimum atomic E-state index is -0.513. The lowest BCUT2D eigenvalue weighted by Crippen LogP contribution is -2.50. The minimum absolute atomic E-state index is 0. The Bertz CT molecular complexity index is 544. The number of nitrogens with one attached hydrogen (secondary N) is 3. The second-order valence-corrected chi connectivity index (χ2v) is 9.90. The first kappa shape index (κ1) is 31.2. The summed E-state index contributed by atoms with van der Waals surface area (Å²) < 4.78 is 11.1. The molecule has 1 rings (SSSR count). The first-order valence-corrected chi connectivity index (χ1v) is 11.9. The van der Waals surface area contributed by atoms with E-state index in [1.807, 2.05) is 20.8 Å². The minimum Gasteiger partial charge on any atom is -0.444 e. The van der Waals surface area contributed by atoms with Crippen molar-refractivity contribution < 1.29 is 14.3 Å². The number of hydrogen-bond acceptors (Lipinski definition) is 5. The van der Waals surface area contributed by atoms with Gasteiger partial charge in [-0.1, -0.05) is 13.8 Å². The lowest BCUT2D eigenvalue weighted by atomic mass is 10.0. The number of hydrogen-bond donors (Lipinski definition) is 3. The molecule has 0 saturated carbocycles. The molecule has 1 fully saturated rings. The summed E-state index contributed by atoms with van der Waals surface area (Å²) in [6.07, 6.45) is 2.05. The Balaban J connectivity index is 0.00000961. The van der Waals surface area contributed by atoms with Gasteiger partial charge in [0.1, 0.15) is 5.60 Å². The molecule has 32 heavy (non-hydrogen) atoms. The van der Waals surface area contributed by atoms with Crippen molar-refractivity contribution >= 4 is 36.0 Å². The van der Waals surface area contributed by atoms with Crippen LogP contribution in [0.1, 0.15) is 68.2 Å². The Labute approximate surface area is 213 Å². The number of likely N-dealkylation sites (tertiary alicyclic amines) is 1. The fourth-order valence-corrected chi connectivity index (χ4v) is 3.30. The Morgan fingerprint density at radius 1 is 1.16 bits per heavy atom. The summed E-state index contributed by atoms with van der Waals surface area (Å²) in [6, 6.07) is 0.310. The second kappa shape index (κ2) is 15.9. The van der Waals surface area contributed by atoms with Crippen LogP contribution < -0.4 is 16.0 Å². The number of aliphatic imine (C=N–C) groups is 1. The third-order valence-corrected chi connectivity index (χ3v) is 5.08. The maximum absolute atomic E-state index is 12.2. The van der Waals surface area contributed by atoms with Crippen molar-refractivity contribution in [3.8, 4) is 0 Å². The summed E-state index contributed by atoms with van der Waals surface area (Å²) in [6.45, 7) is 21.2. The molecule has 1 aliphatic rings. The molecule has 3 N–H and O–H groups in total. The first-order chi connectivity index (χ1) is 14.5. The van der Waals surface area contributed by atoms with E-state index in [9.17, 15) is 4.79 Å². The Morgan fingerprint density at radius 2 is 1.78 bits per heavy atom. The molecule has 1 amide bonds. The summed E-state index contributed by atoms with van der Waals surface area (Å²) in [7, 11) is 0. The van der Waals surface area contributed by atoms with Gasteiger partial charge in [0, 0.05) is 32.2 Å². The topological polar surface area (TPSA) is 87.2 Å². The number of halogens is 1. The third-order valence-electron chi connectivity index (χ3n) is 5.08. The SMILES string of the molecule is CCNC(=NCC(NC(=O)OC(C)(C)C)C(C)C)NC1CCN(CCOC(C)C)CC1.I. The van der Waals surface area contributed by atoms with Crippen LogP contribution in [0.3, 0.4) is 0 Å². The summed E-state index contributed by atoms with van der Waals surface area (Å²) in [4.78, 5) is 19.4. The molecule has 0 radical (unpaired) electrons. The van der Waals surface area contributed by atoms with Crippen LogP contribution in [0.4, 0.5) is 4.79 Å². The molecule has 0 aliphatic carbocycles. The van der Waals surface area contributed by atoms with E-state index in [4.69, 9.17) is 14.5 Å². The Hall–Kier alpha value is -0.810. The molecular weight excluding hydrogens is 521 g/mol. The zero-order chi connectivity index (χ0) is 23.4. The Kier molecular flexibility index (Phi) is 15.5. The van der Waals surface area contributed by atoms with Crippen molar-refractivity contribution in [2.45, 2.75) is 92.0 Å². The van der Waals surface area contributed by atoms with Crippen LogP contribution in [0.5, 0.6) is 0 Å². The van der Waals surface area contributed by atoms with Crippen molar-refractivity contribution in [1.29, 1.82) is 0 Å². The molecule has 1 unspecified atom stereocenters. The van der Waals surface area contributed by atoms with Crippen LogP contribution in [-0.2, 0) is 9.47 Å². The molecular formula is C23H48IN5O3. The van der Waals surface area contributed by atoms with Crippen molar-refractivity contribution in [1.82, 2.24) is 20.9 Å². The average molecular weight is 570 g/mol. The van der Waals surface area contributed by atoms with E-state index in [0.717, 1.165) is 51.6 Å². The van der Waals surface area contributed by atoms with Gasteiger partial charge < -0.3 is 30.3 Å². The molecule has 0 bridgehead atoms. The van der Waals surface area contributed by atoms with Gasteiger partial charge in [-0.05, 0) is 60.3 Å². The molecule has 1 heterocycles. The highest BCUT2D eigenvalue weighted by atomic mass is 127. The molecule has 8 nitrogen and oxygen atoms in total. The molecule has 1 saturated heterocycles. The highest BCUT2D eigenvalue weighted by Crippen LogP contribution is 2.11. The van der Waals surface area contributed by atoms with Crippen LogP contribution in [0.15, 0.2) is 4.99 Å². The molecule has 0 aromatic carbocycles. The van der Waals surface area contributed by atoms with Gasteiger partial charge in [-0.15, -0.1) is 24.0 Å². The zero-order valence-electron chi connectivity index (χ0n) is 21.5. The first-order valence-electron chi connectivity index (χ1n) is 11.9. The number of piperidine rings is 1. The van der Waals surface area contributed by atoms with Gasteiger partial charge in [-0.3, -0.25) is 4.99 Å². The maximum Gasteiger partial charge on any atom is 0.407 e. The number of nitrogens with zero attached hydrogens (tertiary/aromatic N) is 2. The van der Waals surface area contributed by atoms with E-state index in [2.05, 4.69) is 55.5 Å². The van der Waals surface area contributed by atoms with Gasteiger partial charge in [0.15, 0.2) is 5.96 Å². The summed E-state index contributed by atoms with van der Waals surface area (Å²) in [5, 5.41) is 9.87. The van der Waals surface area contributed by atoms with Crippen LogP contribution in [0, 0.1) is 5.92 Å². The van der Waals surface area contributed by atoms with Crippen LogP contribution in [0.2, 0.25) is 0 Å². The number of guanidine groups is 1. The van der Waals surface area contributed by atoms with E-state index in [1.165, 1.54) is 0 Å². The Morgan fingerprint density at radius 3 is 2.28 bits per heavy atom. The normalized spacial score (nSPS) is 17.1. The number of carbonyl (C=O) groups is 1. The largest absolute Gasteiger partial charge is 0.444 e. The predicted molar refractivity (Wildman–Crippen MR) is 143 cm³/mol. The van der Waals surface area contributed by atoms with Crippen LogP contribution in [0.25, 0.3) is 0 Å². The highest BCUT2D eigenvalue weighted by molar-refractivity contribution is 14.0. The number of alkyl carbamates (subject to hydrolysis) is 1. The van der Waals surface area contributed by atoms with Gasteiger partial charge in [0.25, 0.3) is 0 Å². The highest BCUT2D eigenvalue weighted by Gasteiger charge is 2.23. The average Bonchev–Trinajstić information content (AvgIpc) is 2.64. The quantitative estimate of drug-likeness (QED) is 0.212. The lowest BCUT2D eigenvalue weighted by molar-refractivity contribution is 0.0493. The van der Waals surface area contributed by atoms with E-state index >= 15 is 0 Å². The van der Waals surface area contributed by atoms with Crippen LogP contribution in [-0.4, -0.2) is 80.1 Å². The van der Waals surface area contributed by atoms with Gasteiger partial charge in [0.05, 0.1) is 25.3 Å². The van der Waals surface area contributed by atoms with Crippen molar-refractivity contribution in [3.05, 3.63) is 0 Å². The molecule has 0 spiro atoms. The van der Waals surface area contributed by atoms with Gasteiger partial charge in [-0.25, -0.2) is 4.79 Å². The molecule has 1 atom stereocenters. The number of carbonyl (C=O) groups excluding carboxylic acids is 1. The van der Waals surface area contributed by atoms with E-state index < -0.39 is 11.7 Å². The standard InChI is InChI=1S/C23H47N5O3.HI/c1-9-24-21(25-16-20(17(2)3)27-22(29)31-23(6,7)8)26-19-10-12-28(13-11-19)14-15-30-18(4)5;/h17-20H,9-16H2,1-8H3,(H,27,29)(H2,24,25,26);1H. The number of rotatable bonds is 10. The van der Waals surface area contributed by atoms with E-state index in [0.29, 0.717) is 12.6 Å². The van der Waals surface area contributed by atoms with Gasteiger partial charge in [0.2, 0.25) is 0 Å². The maximum atomic E-state index is 12.2. The molecule has 9 heteroatoms. The second-order valence-electron chi connectivity index (χ2n) is 9.90. The van der Waals surface area contributed by atoms with Gasteiger partial charge >= 0.3 is 6.09 Å². The van der Waals surface area contributed by atoms with E-state index in [1.54, 1.807) is 0 Å². The van der Waals surface area contributed by atoms with Crippen molar-refractivity contribution in [2.24, 2.45) is 10.9 Å². The molecule has 190 valence electrons. The predicted octanol–water partition coefficient (Wildman–Crippen LogP) is 3.60. The number of ether oxygens (including phenoxy) is 2. The fraction of sp³-hybridized carbons (Fsp3) is 0.913. The van der Waals surface area contributed by atoms with Crippen molar-refractivity contribution in [2.75, 3.05) is 39.3 Å². The molecule has 0 aromatic heterocycles. The molecule has 0 aromatic rings. The lowest BCUT2D eigenvalue weighted by Gasteiger charge is -2.33. The van der Waals surface area contributed by atoms with Crippen LogP contribution >= 0.6 is 24.0 Å². The summed E-state index contributed by atoms with van der Waals surface area (Å²) in [5.41, 5.74) is -0.513. The van der Waals surface area contributed by atoms with Gasteiger partial charge in [-0.2, -0.15) is 0 Å².